The third-order valence-corrected chi connectivity index (χ3v) is 5.47. The van der Waals surface area contributed by atoms with Crippen LogP contribution in [0.15, 0.2) is 24.3 Å². The Morgan fingerprint density at radius 2 is 1.72 bits per heavy atom. The fraction of sp³-hybridized carbons (Fsp3) is 0.500. The summed E-state index contributed by atoms with van der Waals surface area (Å²) in [6.07, 6.45) is 0. The normalized spacial score (nSPS) is 11.5. The highest BCUT2D eigenvalue weighted by Gasteiger charge is 2.25. The Labute approximate surface area is 113 Å². The Morgan fingerprint density at radius 3 is 2.28 bits per heavy atom. The number of hydrogen-bond acceptors (Lipinski definition) is 5. The number of rotatable bonds is 8. The van der Waals surface area contributed by atoms with Crippen LogP contribution in [0.5, 0.6) is 5.75 Å². The van der Waals surface area contributed by atoms with E-state index in [0.29, 0.717) is 19.0 Å². The van der Waals surface area contributed by atoms with Crippen molar-refractivity contribution >= 4 is 23.6 Å². The quantitative estimate of drug-likeness (QED) is 0.543. The monoisotopic (exact) mass is 290 g/mol. The first kappa shape index (κ1) is 15.6. The summed E-state index contributed by atoms with van der Waals surface area (Å²) in [5, 5.41) is 0.792. The second kappa shape index (κ2) is 7.87. The summed E-state index contributed by atoms with van der Waals surface area (Å²) in [4.78, 5) is 0. The van der Waals surface area contributed by atoms with Gasteiger partial charge in [-0.2, -0.15) is 0 Å². The maximum absolute atomic E-state index is 5.66. The van der Waals surface area contributed by atoms with Gasteiger partial charge in [0.2, 0.25) is 6.49 Å². The van der Waals surface area contributed by atoms with Gasteiger partial charge in [-0.05, 0) is 37.8 Å². The molecule has 102 valence electrons. The summed E-state index contributed by atoms with van der Waals surface area (Å²) < 4.78 is 21.7. The molecule has 0 fully saturated rings. The first-order valence-corrected chi connectivity index (χ1v) is 8.42. The van der Waals surface area contributed by atoms with Crippen molar-refractivity contribution in [1.82, 2.24) is 0 Å². The first-order chi connectivity index (χ1) is 8.68. The molecule has 0 N–H and O–H groups in total. The molecule has 0 aliphatic carbocycles. The van der Waals surface area contributed by atoms with E-state index in [0.717, 1.165) is 5.30 Å². The molecule has 0 aromatic heterocycles. The van der Waals surface area contributed by atoms with Crippen LogP contribution in [0.1, 0.15) is 13.8 Å². The van der Waals surface area contributed by atoms with Crippen molar-refractivity contribution < 1.29 is 18.5 Å². The zero-order valence-corrected chi connectivity index (χ0v) is 12.6. The van der Waals surface area contributed by atoms with Crippen molar-refractivity contribution in [3.8, 4) is 5.75 Å². The van der Waals surface area contributed by atoms with Crippen LogP contribution in [0, 0.1) is 0 Å². The van der Waals surface area contributed by atoms with E-state index >= 15 is 0 Å². The summed E-state index contributed by atoms with van der Waals surface area (Å²) in [6.45, 7) is 2.50. The van der Waals surface area contributed by atoms with E-state index in [9.17, 15) is 0 Å². The lowest BCUT2D eigenvalue weighted by molar-refractivity contribution is 0.0517. The zero-order valence-electron chi connectivity index (χ0n) is 10.9. The molecule has 0 aliphatic rings. The minimum atomic E-state index is -2.50. The van der Waals surface area contributed by atoms with Crippen LogP contribution < -0.4 is 10.0 Å². The van der Waals surface area contributed by atoms with E-state index in [4.69, 9.17) is 30.3 Å². The molecular formula is C12H19O4PS. The smallest absolute Gasteiger partial charge is 0.223 e. The number of hydrogen-bond donors (Lipinski definition) is 0. The van der Waals surface area contributed by atoms with Crippen LogP contribution >= 0.6 is 6.49 Å². The van der Waals surface area contributed by atoms with E-state index in [2.05, 4.69) is 0 Å². The van der Waals surface area contributed by atoms with E-state index in [-0.39, 0.29) is 6.79 Å². The van der Waals surface area contributed by atoms with Gasteiger partial charge in [0.15, 0.2) is 6.79 Å². The SMILES string of the molecule is CCOP(=S)(OCC)c1ccccc1OCOC. The molecule has 1 aromatic rings. The van der Waals surface area contributed by atoms with E-state index in [1.807, 2.05) is 38.1 Å². The predicted octanol–water partition coefficient (Wildman–Crippen LogP) is 2.68. The van der Waals surface area contributed by atoms with Crippen molar-refractivity contribution in [1.29, 1.82) is 0 Å². The lowest BCUT2D eigenvalue weighted by Crippen LogP contribution is -2.15. The number of para-hydroxylation sites is 1. The van der Waals surface area contributed by atoms with E-state index in [1.165, 1.54) is 0 Å². The summed E-state index contributed by atoms with van der Waals surface area (Å²) in [5.74, 6) is 0.657. The van der Waals surface area contributed by atoms with Crippen molar-refractivity contribution in [3.05, 3.63) is 24.3 Å². The highest BCUT2D eigenvalue weighted by molar-refractivity contribution is 8.13. The first-order valence-electron chi connectivity index (χ1n) is 5.78. The maximum atomic E-state index is 5.66. The molecule has 1 rings (SSSR count). The minimum absolute atomic E-state index is 0.171. The average molecular weight is 290 g/mol. The molecule has 0 radical (unpaired) electrons. The lowest BCUT2D eigenvalue weighted by atomic mass is 10.3. The average Bonchev–Trinajstić information content (AvgIpc) is 2.37. The van der Waals surface area contributed by atoms with Gasteiger partial charge >= 0.3 is 0 Å². The van der Waals surface area contributed by atoms with Gasteiger partial charge in [-0.25, -0.2) is 0 Å². The standard InChI is InChI=1S/C12H19O4PS/c1-4-15-17(18,16-5-2)12-9-7-6-8-11(12)14-10-13-3/h6-9H,4-5,10H2,1-3H3. The number of methoxy groups -OCH3 is 1. The summed E-state index contributed by atoms with van der Waals surface area (Å²) >= 11 is 5.55. The van der Waals surface area contributed by atoms with Gasteiger partial charge in [0.25, 0.3) is 0 Å². The largest absolute Gasteiger partial charge is 0.467 e. The molecule has 0 bridgehead atoms. The highest BCUT2D eigenvalue weighted by Crippen LogP contribution is 2.49. The van der Waals surface area contributed by atoms with Crippen LogP contribution in [0.2, 0.25) is 0 Å². The van der Waals surface area contributed by atoms with Gasteiger partial charge in [-0.1, -0.05) is 12.1 Å². The van der Waals surface area contributed by atoms with Crippen LogP contribution in [-0.4, -0.2) is 27.1 Å². The third-order valence-electron chi connectivity index (χ3n) is 2.09. The molecule has 4 nitrogen and oxygen atoms in total. The zero-order chi connectivity index (χ0) is 13.4. The topological polar surface area (TPSA) is 36.9 Å². The van der Waals surface area contributed by atoms with Crippen LogP contribution in [0.4, 0.5) is 0 Å². The molecule has 1 aromatic carbocycles. The second-order valence-corrected chi connectivity index (χ2v) is 6.79. The summed E-state index contributed by atoms with van der Waals surface area (Å²) in [5.41, 5.74) is 0. The Balaban J connectivity index is 3.07. The molecular weight excluding hydrogens is 271 g/mol. The van der Waals surface area contributed by atoms with Gasteiger partial charge in [0.1, 0.15) is 5.75 Å². The molecule has 0 saturated carbocycles. The molecule has 0 amide bonds. The number of ether oxygens (including phenoxy) is 2. The van der Waals surface area contributed by atoms with Crippen molar-refractivity contribution in [2.75, 3.05) is 27.1 Å². The maximum Gasteiger partial charge on any atom is 0.223 e. The third kappa shape index (κ3) is 4.04. The Kier molecular flexibility index (Phi) is 6.82. The Bertz CT molecular complexity index is 401. The van der Waals surface area contributed by atoms with Crippen LogP contribution in [0.25, 0.3) is 0 Å². The van der Waals surface area contributed by atoms with Gasteiger partial charge < -0.3 is 18.5 Å². The van der Waals surface area contributed by atoms with Crippen molar-refractivity contribution in [2.24, 2.45) is 0 Å². The van der Waals surface area contributed by atoms with Crippen molar-refractivity contribution in [2.45, 2.75) is 13.8 Å². The van der Waals surface area contributed by atoms with Gasteiger partial charge in [0.05, 0.1) is 18.5 Å². The number of benzene rings is 1. The fourth-order valence-electron chi connectivity index (χ4n) is 1.44. The molecule has 18 heavy (non-hydrogen) atoms. The summed E-state index contributed by atoms with van der Waals surface area (Å²) in [7, 11) is 1.57. The fourth-order valence-corrected chi connectivity index (χ4v) is 4.24. The molecule has 0 aliphatic heterocycles. The minimum Gasteiger partial charge on any atom is -0.467 e. The van der Waals surface area contributed by atoms with Crippen molar-refractivity contribution in [3.63, 3.8) is 0 Å². The van der Waals surface area contributed by atoms with Crippen LogP contribution in [0.3, 0.4) is 0 Å². The Morgan fingerprint density at radius 1 is 1.11 bits per heavy atom. The predicted molar refractivity (Wildman–Crippen MR) is 76.1 cm³/mol. The molecule has 0 saturated heterocycles. The summed E-state index contributed by atoms with van der Waals surface area (Å²) in [6, 6.07) is 7.50. The Hall–Kier alpha value is -0.450. The van der Waals surface area contributed by atoms with E-state index < -0.39 is 6.49 Å². The lowest BCUT2D eigenvalue weighted by Gasteiger charge is -2.23. The molecule has 0 heterocycles. The van der Waals surface area contributed by atoms with Gasteiger partial charge in [-0.15, -0.1) is 0 Å². The molecule has 0 unspecified atom stereocenters. The molecule has 0 atom stereocenters. The van der Waals surface area contributed by atoms with Gasteiger partial charge in [-0.3, -0.25) is 0 Å². The highest BCUT2D eigenvalue weighted by atomic mass is 32.5. The second-order valence-electron chi connectivity index (χ2n) is 3.35. The van der Waals surface area contributed by atoms with E-state index in [1.54, 1.807) is 7.11 Å². The molecule has 6 heteroatoms. The van der Waals surface area contributed by atoms with Crippen LogP contribution in [-0.2, 0) is 25.6 Å². The van der Waals surface area contributed by atoms with Gasteiger partial charge in [0, 0.05) is 7.11 Å². The molecule has 0 spiro atoms.